The Morgan fingerprint density at radius 1 is 0.864 bits per heavy atom. The number of nitrogens with one attached hydrogen (secondary N) is 1. The van der Waals surface area contributed by atoms with E-state index in [9.17, 15) is 0 Å². The van der Waals surface area contributed by atoms with Gasteiger partial charge in [0.05, 0.1) is 12.2 Å². The van der Waals surface area contributed by atoms with E-state index >= 15 is 0 Å². The van der Waals surface area contributed by atoms with Crippen LogP contribution in [0.3, 0.4) is 0 Å². The standard InChI is InChI=1S/C19H25NO2/c1-14(2)21-18-10-7-9-17(12-18)20-13-16-8-5-6-11-19(16)22-15(3)4/h5-12,14-15,20H,13H2,1-4H3. The lowest BCUT2D eigenvalue weighted by molar-refractivity contribution is 0.240. The predicted octanol–water partition coefficient (Wildman–Crippen LogP) is 4.87. The molecule has 0 bridgehead atoms. The first-order valence-electron chi connectivity index (χ1n) is 7.79. The van der Waals surface area contributed by atoms with Gasteiger partial charge in [-0.25, -0.2) is 0 Å². The summed E-state index contributed by atoms with van der Waals surface area (Å²) in [6.07, 6.45) is 0.347. The Labute approximate surface area is 133 Å². The monoisotopic (exact) mass is 299 g/mol. The Bertz CT molecular complexity index is 593. The maximum Gasteiger partial charge on any atom is 0.124 e. The minimum absolute atomic E-state index is 0.170. The van der Waals surface area contributed by atoms with E-state index in [1.807, 2.05) is 70.2 Å². The molecule has 0 fully saturated rings. The zero-order valence-electron chi connectivity index (χ0n) is 13.8. The molecule has 2 rings (SSSR count). The molecular weight excluding hydrogens is 274 g/mol. The highest BCUT2D eigenvalue weighted by Crippen LogP contribution is 2.23. The summed E-state index contributed by atoms with van der Waals surface area (Å²) in [4.78, 5) is 0. The van der Waals surface area contributed by atoms with Crippen LogP contribution in [0.5, 0.6) is 11.5 Å². The van der Waals surface area contributed by atoms with Gasteiger partial charge < -0.3 is 14.8 Å². The molecule has 0 unspecified atom stereocenters. The molecule has 0 aromatic heterocycles. The summed E-state index contributed by atoms with van der Waals surface area (Å²) in [5.41, 5.74) is 2.18. The van der Waals surface area contributed by atoms with Gasteiger partial charge in [0.1, 0.15) is 11.5 Å². The molecule has 0 spiro atoms. The summed E-state index contributed by atoms with van der Waals surface area (Å²) in [5, 5.41) is 3.43. The van der Waals surface area contributed by atoms with Crippen LogP contribution in [0.4, 0.5) is 5.69 Å². The first-order chi connectivity index (χ1) is 10.5. The van der Waals surface area contributed by atoms with Crippen LogP contribution >= 0.6 is 0 Å². The molecule has 0 radical (unpaired) electrons. The smallest absolute Gasteiger partial charge is 0.124 e. The van der Waals surface area contributed by atoms with Gasteiger partial charge in [-0.3, -0.25) is 0 Å². The number of hydrogen-bond donors (Lipinski definition) is 1. The van der Waals surface area contributed by atoms with Gasteiger partial charge >= 0.3 is 0 Å². The number of hydrogen-bond acceptors (Lipinski definition) is 3. The highest BCUT2D eigenvalue weighted by atomic mass is 16.5. The molecule has 0 saturated carbocycles. The maximum absolute atomic E-state index is 5.85. The average Bonchev–Trinajstić information content (AvgIpc) is 2.45. The fraction of sp³-hybridized carbons (Fsp3) is 0.368. The third-order valence-electron chi connectivity index (χ3n) is 3.02. The number of rotatable bonds is 7. The zero-order chi connectivity index (χ0) is 15.9. The van der Waals surface area contributed by atoms with Crippen LogP contribution in [-0.2, 0) is 6.54 Å². The van der Waals surface area contributed by atoms with Crippen molar-refractivity contribution in [2.24, 2.45) is 0 Å². The van der Waals surface area contributed by atoms with Crippen LogP contribution in [-0.4, -0.2) is 12.2 Å². The van der Waals surface area contributed by atoms with Crippen molar-refractivity contribution in [3.05, 3.63) is 54.1 Å². The average molecular weight is 299 g/mol. The second-order valence-corrected chi connectivity index (χ2v) is 5.82. The molecule has 2 aromatic carbocycles. The van der Waals surface area contributed by atoms with E-state index in [1.165, 1.54) is 0 Å². The van der Waals surface area contributed by atoms with Crippen LogP contribution < -0.4 is 14.8 Å². The SMILES string of the molecule is CC(C)Oc1cccc(NCc2ccccc2OC(C)C)c1. The molecule has 0 amide bonds. The van der Waals surface area contributed by atoms with Crippen molar-refractivity contribution in [1.82, 2.24) is 0 Å². The normalized spacial score (nSPS) is 10.8. The molecule has 3 nitrogen and oxygen atoms in total. The van der Waals surface area contributed by atoms with Gasteiger partial charge in [0, 0.05) is 23.9 Å². The summed E-state index contributed by atoms with van der Waals surface area (Å²) in [5.74, 6) is 1.81. The van der Waals surface area contributed by atoms with Crippen molar-refractivity contribution < 1.29 is 9.47 Å². The van der Waals surface area contributed by atoms with Crippen LogP contribution in [0.1, 0.15) is 33.3 Å². The lowest BCUT2D eigenvalue weighted by Gasteiger charge is -2.16. The Balaban J connectivity index is 2.04. The maximum atomic E-state index is 5.85. The molecule has 118 valence electrons. The molecule has 0 saturated heterocycles. The number of anilines is 1. The van der Waals surface area contributed by atoms with Gasteiger partial charge in [-0.2, -0.15) is 0 Å². The highest BCUT2D eigenvalue weighted by molar-refractivity contribution is 5.49. The third-order valence-corrected chi connectivity index (χ3v) is 3.02. The fourth-order valence-electron chi connectivity index (χ4n) is 2.17. The van der Waals surface area contributed by atoms with E-state index < -0.39 is 0 Å². The molecule has 0 atom stereocenters. The first kappa shape index (κ1) is 16.2. The molecule has 22 heavy (non-hydrogen) atoms. The van der Waals surface area contributed by atoms with Crippen LogP contribution in [0.15, 0.2) is 48.5 Å². The van der Waals surface area contributed by atoms with E-state index in [1.54, 1.807) is 0 Å². The predicted molar refractivity (Wildman–Crippen MR) is 91.7 cm³/mol. The summed E-state index contributed by atoms with van der Waals surface area (Å²) in [6.45, 7) is 8.85. The van der Waals surface area contributed by atoms with Gasteiger partial charge in [-0.15, -0.1) is 0 Å². The number of benzene rings is 2. The second kappa shape index (κ2) is 7.74. The highest BCUT2D eigenvalue weighted by Gasteiger charge is 2.05. The molecule has 2 aromatic rings. The molecule has 0 heterocycles. The lowest BCUT2D eigenvalue weighted by atomic mass is 10.2. The van der Waals surface area contributed by atoms with Crippen LogP contribution in [0.25, 0.3) is 0 Å². The zero-order valence-corrected chi connectivity index (χ0v) is 13.8. The summed E-state index contributed by atoms with van der Waals surface area (Å²) in [6, 6.07) is 16.2. The largest absolute Gasteiger partial charge is 0.491 e. The van der Waals surface area contributed by atoms with E-state index in [0.29, 0.717) is 6.54 Å². The van der Waals surface area contributed by atoms with Gasteiger partial charge in [-0.05, 0) is 45.9 Å². The summed E-state index contributed by atoms with van der Waals surface area (Å²) >= 11 is 0. The Hall–Kier alpha value is -2.16. The quantitative estimate of drug-likeness (QED) is 0.791. The molecule has 0 aliphatic heterocycles. The van der Waals surface area contributed by atoms with Crippen LogP contribution in [0.2, 0.25) is 0 Å². The van der Waals surface area contributed by atoms with Gasteiger partial charge in [0.15, 0.2) is 0 Å². The Morgan fingerprint density at radius 2 is 1.59 bits per heavy atom. The van der Waals surface area contributed by atoms with Crippen molar-refractivity contribution in [2.75, 3.05) is 5.32 Å². The molecule has 1 N–H and O–H groups in total. The number of ether oxygens (including phenoxy) is 2. The minimum Gasteiger partial charge on any atom is -0.491 e. The fourth-order valence-corrected chi connectivity index (χ4v) is 2.17. The van der Waals surface area contributed by atoms with E-state index in [4.69, 9.17) is 9.47 Å². The molecule has 3 heteroatoms. The first-order valence-corrected chi connectivity index (χ1v) is 7.79. The third kappa shape index (κ3) is 4.99. The lowest BCUT2D eigenvalue weighted by Crippen LogP contribution is -2.09. The number of para-hydroxylation sites is 1. The van der Waals surface area contributed by atoms with E-state index in [0.717, 1.165) is 22.7 Å². The van der Waals surface area contributed by atoms with Gasteiger partial charge in [0.25, 0.3) is 0 Å². The van der Waals surface area contributed by atoms with Gasteiger partial charge in [0.2, 0.25) is 0 Å². The molecular formula is C19H25NO2. The van der Waals surface area contributed by atoms with Crippen molar-refractivity contribution in [1.29, 1.82) is 0 Å². The van der Waals surface area contributed by atoms with E-state index in [-0.39, 0.29) is 12.2 Å². The van der Waals surface area contributed by atoms with Gasteiger partial charge in [-0.1, -0.05) is 24.3 Å². The Morgan fingerprint density at radius 3 is 2.32 bits per heavy atom. The van der Waals surface area contributed by atoms with Crippen molar-refractivity contribution in [2.45, 2.75) is 46.4 Å². The second-order valence-electron chi connectivity index (χ2n) is 5.82. The minimum atomic E-state index is 0.170. The Kier molecular flexibility index (Phi) is 5.70. The van der Waals surface area contributed by atoms with Crippen molar-refractivity contribution in [3.8, 4) is 11.5 Å². The topological polar surface area (TPSA) is 30.5 Å². The van der Waals surface area contributed by atoms with Crippen molar-refractivity contribution in [3.63, 3.8) is 0 Å². The summed E-state index contributed by atoms with van der Waals surface area (Å²) in [7, 11) is 0. The van der Waals surface area contributed by atoms with E-state index in [2.05, 4.69) is 11.4 Å². The van der Waals surface area contributed by atoms with Crippen LogP contribution in [0, 0.1) is 0 Å². The molecule has 0 aliphatic rings. The molecule has 0 aliphatic carbocycles. The summed E-state index contributed by atoms with van der Waals surface area (Å²) < 4.78 is 11.6. The van der Waals surface area contributed by atoms with Crippen molar-refractivity contribution >= 4 is 5.69 Å².